The van der Waals surface area contributed by atoms with Crippen LogP contribution >= 0.6 is 0 Å². The Balaban J connectivity index is 1.16. The molecule has 1 aliphatic rings. The first-order valence-electron chi connectivity index (χ1n) is 24.6. The van der Waals surface area contributed by atoms with Crippen molar-refractivity contribution in [2.75, 3.05) is 16.5 Å². The second-order valence-corrected chi connectivity index (χ2v) is 22.2. The highest BCUT2D eigenvalue weighted by Crippen LogP contribution is 2.47. The van der Waals surface area contributed by atoms with E-state index in [1.165, 1.54) is 72.3 Å². The fourth-order valence-corrected chi connectivity index (χ4v) is 9.85. The van der Waals surface area contributed by atoms with Crippen LogP contribution < -0.4 is 14.5 Å². The summed E-state index contributed by atoms with van der Waals surface area (Å²) < 4.78 is 9.38. The number of hydrogen-bond acceptors (Lipinski definition) is 4. The highest BCUT2D eigenvalue weighted by atomic mass is 16.5. The monoisotopic (exact) mass is 887 g/mol. The molecule has 0 unspecified atom stereocenters. The molecule has 1 aliphatic heterocycles. The molecule has 0 N–H and O–H groups in total. The molecule has 0 radical (unpaired) electrons. The van der Waals surface area contributed by atoms with Gasteiger partial charge in [0.05, 0.1) is 22.4 Å². The van der Waals surface area contributed by atoms with Crippen LogP contribution in [-0.4, -0.2) is 16.2 Å². The molecule has 0 aliphatic carbocycles. The summed E-state index contributed by atoms with van der Waals surface area (Å²) >= 11 is 0. The van der Waals surface area contributed by atoms with Crippen LogP contribution in [0.3, 0.4) is 0 Å². The molecule has 0 bridgehead atoms. The van der Waals surface area contributed by atoms with E-state index in [2.05, 4.69) is 239 Å². The van der Waals surface area contributed by atoms with Gasteiger partial charge in [0.1, 0.15) is 24.0 Å². The highest BCUT2D eigenvalue weighted by molar-refractivity contribution is 6.10. The summed E-state index contributed by atoms with van der Waals surface area (Å²) in [5.74, 6) is 3.98. The van der Waals surface area contributed by atoms with Crippen LogP contribution in [-0.2, 0) is 10.8 Å². The fraction of sp³-hybridized carbons (Fsp3) is 0.339. The Labute approximate surface area is 400 Å². The molecule has 344 valence electrons. The number of benzene rings is 6. The summed E-state index contributed by atoms with van der Waals surface area (Å²) in [5.41, 5.74) is 17.5. The van der Waals surface area contributed by atoms with Crippen LogP contribution in [0.15, 0.2) is 134 Å². The molecule has 0 amide bonds. The van der Waals surface area contributed by atoms with E-state index in [0.717, 1.165) is 34.0 Å². The third-order valence-corrected chi connectivity index (χ3v) is 13.9. The van der Waals surface area contributed by atoms with Crippen molar-refractivity contribution >= 4 is 44.6 Å². The molecule has 5 heteroatoms. The smallest absolute Gasteiger partial charge is 0.138 e. The predicted molar refractivity (Wildman–Crippen MR) is 286 cm³/mol. The number of rotatable bonds is 10. The van der Waals surface area contributed by atoms with Crippen LogP contribution in [0.4, 0.5) is 22.7 Å². The van der Waals surface area contributed by atoms with Crippen molar-refractivity contribution < 1.29 is 4.74 Å². The van der Waals surface area contributed by atoms with Gasteiger partial charge in [-0.2, -0.15) is 0 Å². The average molecular weight is 887 g/mol. The lowest BCUT2D eigenvalue weighted by Crippen LogP contribution is -2.24. The zero-order chi connectivity index (χ0) is 47.7. The quantitative estimate of drug-likeness (QED) is 0.137. The molecule has 0 saturated heterocycles. The number of fused-ring (bicyclic) bond motifs is 4. The molecule has 9 rings (SSSR count). The summed E-state index contributed by atoms with van der Waals surface area (Å²) in [6, 6.07) is 47.5. The summed E-state index contributed by atoms with van der Waals surface area (Å²) in [6.07, 6.45) is 1.99. The maximum absolute atomic E-state index is 7.03. The van der Waals surface area contributed by atoms with E-state index >= 15 is 0 Å². The number of aromatic nitrogens is 2. The molecule has 2 aromatic heterocycles. The molecule has 0 atom stereocenters. The highest BCUT2D eigenvalue weighted by Gasteiger charge is 2.30. The lowest BCUT2D eigenvalue weighted by molar-refractivity contribution is 0.482. The number of para-hydroxylation sites is 2. The van der Waals surface area contributed by atoms with Crippen LogP contribution in [0, 0.1) is 0 Å². The SMILES string of the molecule is CC(C)c1cc(Oc2ccc3c4cc(C(C)(C)C)ccc4n(-c4cc(-c5c(C(C)C)cc(C(C)C)cc5C(C)C)ccn4)c3c2)cc(N2CN(c3cccc(C(C)(C)C)c3)c3ccccc32)c1. The number of pyridine rings is 1. The van der Waals surface area contributed by atoms with E-state index in [1.807, 2.05) is 6.20 Å². The maximum Gasteiger partial charge on any atom is 0.138 e. The molecule has 67 heavy (non-hydrogen) atoms. The topological polar surface area (TPSA) is 33.5 Å². The van der Waals surface area contributed by atoms with Gasteiger partial charge in [-0.3, -0.25) is 4.57 Å². The van der Waals surface area contributed by atoms with Gasteiger partial charge in [0.25, 0.3) is 0 Å². The average Bonchev–Trinajstić information content (AvgIpc) is 3.83. The third kappa shape index (κ3) is 8.74. The van der Waals surface area contributed by atoms with Crippen molar-refractivity contribution in [2.45, 2.75) is 131 Å². The lowest BCUT2D eigenvalue weighted by Gasteiger charge is -2.25. The fourth-order valence-electron chi connectivity index (χ4n) is 9.85. The van der Waals surface area contributed by atoms with Crippen LogP contribution in [0.25, 0.3) is 38.8 Å². The summed E-state index contributed by atoms with van der Waals surface area (Å²) in [5, 5.41) is 2.39. The number of ether oxygens (including phenoxy) is 1. The molecule has 6 aromatic carbocycles. The molecular formula is C62H70N4O. The number of nitrogens with zero attached hydrogens (tertiary/aromatic N) is 4. The maximum atomic E-state index is 7.03. The number of hydrogen-bond donors (Lipinski definition) is 0. The van der Waals surface area contributed by atoms with E-state index in [9.17, 15) is 0 Å². The molecule has 8 aromatic rings. The number of anilines is 4. The summed E-state index contributed by atoms with van der Waals surface area (Å²) in [7, 11) is 0. The van der Waals surface area contributed by atoms with Crippen LogP contribution in [0.5, 0.6) is 11.5 Å². The van der Waals surface area contributed by atoms with E-state index in [1.54, 1.807) is 0 Å². The Kier molecular flexibility index (Phi) is 11.9. The minimum absolute atomic E-state index is 0.00500. The second kappa shape index (κ2) is 17.4. The van der Waals surface area contributed by atoms with Crippen molar-refractivity contribution in [2.24, 2.45) is 0 Å². The van der Waals surface area contributed by atoms with E-state index in [-0.39, 0.29) is 10.8 Å². The summed E-state index contributed by atoms with van der Waals surface area (Å²) in [4.78, 5) is 10.0. The van der Waals surface area contributed by atoms with Gasteiger partial charge < -0.3 is 14.5 Å². The molecule has 0 saturated carbocycles. The minimum Gasteiger partial charge on any atom is -0.457 e. The van der Waals surface area contributed by atoms with Gasteiger partial charge in [-0.1, -0.05) is 139 Å². The van der Waals surface area contributed by atoms with Crippen molar-refractivity contribution in [1.29, 1.82) is 0 Å². The van der Waals surface area contributed by atoms with Gasteiger partial charge in [0.2, 0.25) is 0 Å². The van der Waals surface area contributed by atoms with Crippen molar-refractivity contribution in [3.05, 3.63) is 167 Å². The van der Waals surface area contributed by atoms with Crippen LogP contribution in [0.1, 0.15) is 154 Å². The van der Waals surface area contributed by atoms with E-state index in [4.69, 9.17) is 9.72 Å². The Bertz CT molecular complexity index is 3100. The van der Waals surface area contributed by atoms with Crippen molar-refractivity contribution in [1.82, 2.24) is 9.55 Å². The molecule has 3 heterocycles. The Hall–Kier alpha value is -6.33. The molecule has 0 spiro atoms. The molecule has 0 fully saturated rings. The van der Waals surface area contributed by atoms with Gasteiger partial charge >= 0.3 is 0 Å². The lowest BCUT2D eigenvalue weighted by atomic mass is 9.82. The van der Waals surface area contributed by atoms with E-state index < -0.39 is 0 Å². The van der Waals surface area contributed by atoms with Gasteiger partial charge in [-0.25, -0.2) is 4.98 Å². The van der Waals surface area contributed by atoms with Crippen molar-refractivity contribution in [3.8, 4) is 28.4 Å². The molecular weight excluding hydrogens is 817 g/mol. The zero-order valence-electron chi connectivity index (χ0n) is 42.4. The van der Waals surface area contributed by atoms with Crippen molar-refractivity contribution in [3.63, 3.8) is 0 Å². The first-order chi connectivity index (χ1) is 31.8. The Morgan fingerprint density at radius 2 is 1.12 bits per heavy atom. The van der Waals surface area contributed by atoms with Crippen LogP contribution in [0.2, 0.25) is 0 Å². The molecule has 5 nitrogen and oxygen atoms in total. The normalized spacial score (nSPS) is 13.3. The van der Waals surface area contributed by atoms with Gasteiger partial charge in [-0.05, 0) is 152 Å². The van der Waals surface area contributed by atoms with E-state index in [0.29, 0.717) is 30.3 Å². The summed E-state index contributed by atoms with van der Waals surface area (Å²) in [6.45, 7) is 32.8. The van der Waals surface area contributed by atoms with Gasteiger partial charge in [0.15, 0.2) is 0 Å². The third-order valence-electron chi connectivity index (χ3n) is 13.9. The predicted octanol–water partition coefficient (Wildman–Crippen LogP) is 18.0. The Morgan fingerprint density at radius 3 is 1.75 bits per heavy atom. The van der Waals surface area contributed by atoms with Gasteiger partial charge in [0, 0.05) is 40.5 Å². The van der Waals surface area contributed by atoms with Gasteiger partial charge in [-0.15, -0.1) is 0 Å². The Morgan fingerprint density at radius 1 is 0.493 bits per heavy atom. The largest absolute Gasteiger partial charge is 0.457 e. The second-order valence-electron chi connectivity index (χ2n) is 22.2. The standard InChI is InChI=1S/C62H70N4O/c1-38(2)43-28-48(65-37-64(56-20-15-16-21-57(56)65)47-19-17-18-45(33-47)61(9,10)11)35-50(29-43)67-49-23-24-51-54-34-46(62(12,13)14)22-25-55(54)66(58(51)36-49)59-32-42(26-27-63-59)60-52(40(5)6)30-44(39(3)4)31-53(60)41(7)8/h15-36,38-41H,37H2,1-14H3. The first-order valence-corrected chi connectivity index (χ1v) is 24.6. The minimum atomic E-state index is -0.00500. The zero-order valence-corrected chi connectivity index (χ0v) is 42.4. The first kappa shape index (κ1) is 45.8.